The maximum Gasteiger partial charge on any atom is 0.316 e. The van der Waals surface area contributed by atoms with Gasteiger partial charge in [-0.3, -0.25) is 27.3 Å². The van der Waals surface area contributed by atoms with Crippen LogP contribution in [0.1, 0.15) is 0 Å². The Kier molecular flexibility index (Phi) is 17.3. The van der Waals surface area contributed by atoms with Crippen molar-refractivity contribution < 1.29 is 111 Å². The van der Waals surface area contributed by atoms with Gasteiger partial charge in [-0.25, -0.2) is 18.5 Å². The molecular weight excluding hydrogens is 1300 g/mol. The van der Waals surface area contributed by atoms with Crippen molar-refractivity contribution in [3.8, 4) is 5.75 Å². The van der Waals surface area contributed by atoms with Crippen LogP contribution < -0.4 is 21.7 Å². The largest absolute Gasteiger partial charge is 0.505 e. The van der Waals surface area contributed by atoms with E-state index < -0.39 is 183 Å². The van der Waals surface area contributed by atoms with Gasteiger partial charge in [0.1, 0.15) is 47.2 Å². The van der Waals surface area contributed by atoms with Gasteiger partial charge in [0.05, 0.1) is 38.1 Å². The number of azo groups is 2. The summed E-state index contributed by atoms with van der Waals surface area (Å²) in [7, 11) is -37.2. The average molecular weight is 1330 g/mol. The summed E-state index contributed by atoms with van der Waals surface area (Å²) in [6.45, 7) is 3.11. The molecule has 0 bridgehead atoms. The normalized spacial score (nSPS) is 13.0. The highest BCUT2D eigenvalue weighted by Gasteiger charge is 2.31. The Hall–Kier alpha value is -7.61. The number of primary amides is 1. The van der Waals surface area contributed by atoms with E-state index in [0.717, 1.165) is 30.3 Å². The summed E-state index contributed by atoms with van der Waals surface area (Å²) in [5.41, 5.74) is 0.554. The van der Waals surface area contributed by atoms with Crippen LogP contribution >= 0.6 is 23.6 Å². The van der Waals surface area contributed by atoms with Gasteiger partial charge in [0.2, 0.25) is 27.0 Å². The predicted octanol–water partition coefficient (Wildman–Crippen LogP) is 6.17. The number of urea groups is 1. The van der Waals surface area contributed by atoms with Crippen molar-refractivity contribution in [3.05, 3.63) is 90.1 Å². The maximum absolute atomic E-state index is 13.1. The summed E-state index contributed by atoms with van der Waals surface area (Å²) < 4.78 is 240. The van der Waals surface area contributed by atoms with E-state index >= 15 is 0 Å². The minimum atomic E-state index is -5.70. The Bertz CT molecular complexity index is 4870. The Morgan fingerprint density at radius 1 is 0.590 bits per heavy atom. The molecule has 1 aromatic heterocycles. The van der Waals surface area contributed by atoms with Crippen LogP contribution in [0.25, 0.3) is 21.5 Å². The minimum Gasteiger partial charge on any atom is -0.505 e. The fraction of sp³-hybridized carbons (Fsp3) is 0. The fourth-order valence-corrected chi connectivity index (χ4v) is 13.1. The van der Waals surface area contributed by atoms with Crippen LogP contribution in [-0.2, 0) is 79.9 Å². The fourth-order valence-electron chi connectivity index (χ4n) is 7.13. The number of anilines is 5. The van der Waals surface area contributed by atoms with E-state index in [-0.39, 0.29) is 29.1 Å². The highest BCUT2D eigenvalue weighted by molar-refractivity contribution is 7.97. The smallest absolute Gasteiger partial charge is 0.316 e. The lowest BCUT2D eigenvalue weighted by Crippen LogP contribution is -2.19. The van der Waals surface area contributed by atoms with Gasteiger partial charge in [0.25, 0.3) is 60.7 Å². The topological polar surface area (TPSA) is 587 Å². The maximum atomic E-state index is 13.1. The van der Waals surface area contributed by atoms with Crippen molar-refractivity contribution >= 4 is 173 Å². The average Bonchev–Trinajstić information content (AvgIpc) is 3.39. The second kappa shape index (κ2) is 22.9. The molecule has 83 heavy (non-hydrogen) atoms. The molecule has 0 spiro atoms. The van der Waals surface area contributed by atoms with Crippen molar-refractivity contribution in [2.75, 3.05) is 16.0 Å². The molecule has 0 aliphatic rings. The Balaban J connectivity index is 1.28. The van der Waals surface area contributed by atoms with Gasteiger partial charge in [0.15, 0.2) is 5.75 Å². The first-order valence-electron chi connectivity index (χ1n) is 20.7. The van der Waals surface area contributed by atoms with Gasteiger partial charge in [-0.2, -0.15) is 65.5 Å². The molecule has 1 heterocycles. The molecule has 0 fully saturated rings. The van der Waals surface area contributed by atoms with E-state index in [9.17, 15) is 96.1 Å². The van der Waals surface area contributed by atoms with Gasteiger partial charge in [-0.1, -0.05) is 11.6 Å². The number of nitrogens with zero attached hydrogens (tertiary/aromatic N) is 7. The van der Waals surface area contributed by atoms with Gasteiger partial charge < -0.3 is 26.8 Å². The van der Waals surface area contributed by atoms with Crippen LogP contribution in [0.4, 0.5) is 56.5 Å². The Morgan fingerprint density at radius 3 is 1.73 bits per heavy atom. The molecule has 36 nitrogen and oxygen atoms in total. The number of nitrogens with one attached hydrogen (secondary N) is 3. The first kappa shape index (κ1) is 63.0. The zero-order valence-corrected chi connectivity index (χ0v) is 46.9. The highest BCUT2D eigenvalue weighted by Crippen LogP contribution is 2.46. The van der Waals surface area contributed by atoms with Crippen molar-refractivity contribution in [2.45, 2.75) is 39.2 Å². The number of fused-ring (bicyclic) bond motifs is 2. The Labute approximate surface area is 473 Å². The zero-order chi connectivity index (χ0) is 61.7. The number of hydrogen-bond donors (Lipinski definition) is 12. The summed E-state index contributed by atoms with van der Waals surface area (Å²) >= 11 is 6.06. The quantitative estimate of drug-likeness (QED) is 0.0133. The number of rotatable bonds is 20. The molecular formula is C38H28ClN11O25S8. The summed E-state index contributed by atoms with van der Waals surface area (Å²) in [5.74, 6) is -2.55. The molecule has 7 rings (SSSR count). The molecule has 45 heteroatoms. The molecule has 0 aliphatic carbocycles. The molecule has 0 saturated heterocycles. The van der Waals surface area contributed by atoms with Crippen molar-refractivity contribution in [3.63, 3.8) is 0 Å². The first-order valence-corrected chi connectivity index (χ1v) is 32.0. The van der Waals surface area contributed by atoms with Crippen LogP contribution in [0, 0.1) is 0 Å². The summed E-state index contributed by atoms with van der Waals surface area (Å²) in [5, 5.41) is 42.0. The van der Waals surface area contributed by atoms with E-state index in [1.165, 1.54) is 0 Å². The lowest BCUT2D eigenvalue weighted by molar-refractivity contribution is -0.432. The molecule has 13 N–H and O–H groups in total. The monoisotopic (exact) mass is 1330 g/mol. The lowest BCUT2D eigenvalue weighted by atomic mass is 10.1. The highest BCUT2D eigenvalue weighted by atomic mass is 35.5. The van der Waals surface area contributed by atoms with E-state index in [0.29, 0.717) is 47.9 Å². The third kappa shape index (κ3) is 14.3. The Morgan fingerprint density at radius 2 is 1.17 bits per heavy atom. The molecule has 6 aromatic carbocycles. The van der Waals surface area contributed by atoms with Crippen molar-refractivity contribution in [2.24, 2.45) is 26.2 Å². The third-order valence-electron chi connectivity index (χ3n) is 10.4. The molecule has 440 valence electrons. The third-order valence-corrected chi connectivity index (χ3v) is 18.1. The number of benzene rings is 6. The minimum absolute atomic E-state index is 0.0976. The number of amides is 2. The standard InChI is InChI=1S/C38H28ClN11O25S8/c1-2-77(54,55)30-13-25(29(81(65,66)67)14-26(30)76-75-74-53)49-50-32-31(82(68,69)70)12-20-18(33(32)51)4-6-22(34(20)83(71,72)73)43-38-45-35(39)44-37(46-38)41-16-3-5-21(23(9-16)42-36(40)52)47-48-24-11-19-15(8-28(24)80(62,63)64)7-17(78(56,57)58)10-27(19)79(59,60)61/h2-14,51,53H,1H2,(H3,40,42,52)(H,56,57,58)(H,59,60,61)(H,62,63,64)(H,65,66,67)(H,68,69,70)(H,71,72,73)(H2,41,43,44,45,46). The van der Waals surface area contributed by atoms with E-state index in [2.05, 4.69) is 67.3 Å². The van der Waals surface area contributed by atoms with Crippen LogP contribution in [-0.4, -0.2) is 118 Å². The molecule has 0 aliphatic heterocycles. The van der Waals surface area contributed by atoms with E-state index in [1.54, 1.807) is 0 Å². The van der Waals surface area contributed by atoms with Crippen molar-refractivity contribution in [1.29, 1.82) is 0 Å². The number of hydrogen-bond acceptors (Lipinski definition) is 29. The SMILES string of the molecule is C=CS(=O)(=O)c1cc(N=Nc2c(S(=O)(=O)O)cc3c(S(=O)(=O)O)c(Nc4nc(Cl)nc(Nc5ccc(N=Nc6cc7c(S(=O)(=O)O)cc(S(=O)(=O)O)cc7cc6S(=O)(=O)O)c(NC(N)=O)c5)n4)ccc3c2O)c(S(=O)(=O)O)cc1SOOO. The summed E-state index contributed by atoms with van der Waals surface area (Å²) in [4.78, 5) is 14.8. The predicted molar refractivity (Wildman–Crippen MR) is 282 cm³/mol. The number of aromatic nitrogens is 3. The van der Waals surface area contributed by atoms with E-state index in [1.807, 2.05) is 0 Å². The summed E-state index contributed by atoms with van der Waals surface area (Å²) in [6.07, 6.45) is 0. The molecule has 0 unspecified atom stereocenters. The van der Waals surface area contributed by atoms with Gasteiger partial charge in [-0.15, -0.1) is 24.8 Å². The molecule has 0 atom stereocenters. The lowest BCUT2D eigenvalue weighted by Gasteiger charge is -2.15. The van der Waals surface area contributed by atoms with Crippen LogP contribution in [0.15, 0.2) is 144 Å². The van der Waals surface area contributed by atoms with Crippen LogP contribution in [0.2, 0.25) is 5.28 Å². The van der Waals surface area contributed by atoms with Crippen LogP contribution in [0.3, 0.4) is 0 Å². The van der Waals surface area contributed by atoms with Crippen LogP contribution in [0.5, 0.6) is 5.75 Å². The second-order valence-corrected chi connectivity index (χ2v) is 27.0. The number of phenols is 1. The van der Waals surface area contributed by atoms with Gasteiger partial charge in [-0.05, 0) is 89.8 Å². The number of halogens is 1. The number of sulfone groups is 1. The molecule has 0 saturated carbocycles. The molecule has 2 amide bonds. The second-order valence-electron chi connectivity index (χ2n) is 15.7. The number of carbonyl (C=O) groups is 1. The van der Waals surface area contributed by atoms with Crippen molar-refractivity contribution in [1.82, 2.24) is 15.0 Å². The number of phenolic OH excluding ortho intramolecular Hbond substituents is 1. The van der Waals surface area contributed by atoms with Gasteiger partial charge in [0, 0.05) is 27.3 Å². The number of aromatic hydroxyl groups is 1. The van der Waals surface area contributed by atoms with E-state index in [4.69, 9.17) is 22.6 Å². The number of carbonyl (C=O) groups excluding carboxylic acids is 1. The molecule has 7 aromatic rings. The number of nitrogens with two attached hydrogens (primary N) is 1. The van der Waals surface area contributed by atoms with Gasteiger partial charge >= 0.3 is 6.03 Å². The first-order chi connectivity index (χ1) is 38.2. The molecule has 0 radical (unpaired) electrons. The summed E-state index contributed by atoms with van der Waals surface area (Å²) in [6, 6.07) is 7.05. The zero-order valence-electron chi connectivity index (χ0n) is 39.6.